The average molecular weight is 244 g/mol. The van der Waals surface area contributed by atoms with E-state index in [2.05, 4.69) is 0 Å². The number of ether oxygens (including phenoxy) is 1. The molecule has 18 heavy (non-hydrogen) atoms. The van der Waals surface area contributed by atoms with Crippen molar-refractivity contribution in [3.63, 3.8) is 0 Å². The smallest absolute Gasteiger partial charge is 0.225 e. The second kappa shape index (κ2) is 6.32. The van der Waals surface area contributed by atoms with E-state index >= 15 is 0 Å². The zero-order valence-electron chi connectivity index (χ0n) is 9.50. The van der Waals surface area contributed by atoms with Crippen LogP contribution in [0, 0.1) is 0 Å². The third kappa shape index (κ3) is 3.26. The minimum absolute atomic E-state index is 0. The van der Waals surface area contributed by atoms with Crippen molar-refractivity contribution in [3.8, 4) is 11.5 Å². The molecule has 0 saturated carbocycles. The summed E-state index contributed by atoms with van der Waals surface area (Å²) in [6, 6.07) is 15.8. The fraction of sp³-hybridized carbons (Fsp3) is 0. The van der Waals surface area contributed by atoms with Crippen molar-refractivity contribution >= 4 is 12.1 Å². The van der Waals surface area contributed by atoms with Crippen LogP contribution in [0.4, 0.5) is 0 Å². The summed E-state index contributed by atoms with van der Waals surface area (Å²) in [7, 11) is 0. The number of ketones is 1. The maximum atomic E-state index is 11.1. The highest BCUT2D eigenvalue weighted by Crippen LogP contribution is 2.20. The minimum atomic E-state index is -0.531. The third-order valence-electron chi connectivity index (χ3n) is 2.22. The van der Waals surface area contributed by atoms with Gasteiger partial charge in [0, 0.05) is 5.56 Å². The van der Waals surface area contributed by atoms with E-state index in [1.54, 1.807) is 24.3 Å². The van der Waals surface area contributed by atoms with Crippen LogP contribution < -0.4 is 4.74 Å². The molecule has 0 atom stereocenters. The molecule has 0 radical (unpaired) electrons. The molecule has 0 heterocycles. The number of carbonyl (C=O) groups is 2. The summed E-state index contributed by atoms with van der Waals surface area (Å²) in [6.45, 7) is 0. The molecule has 2 rings (SSSR count). The maximum absolute atomic E-state index is 11.1. The number of carbonyl (C=O) groups excluding carboxylic acids is 2. The van der Waals surface area contributed by atoms with Crippen LogP contribution in [-0.2, 0) is 4.79 Å². The first-order chi connectivity index (χ1) is 8.29. The molecule has 0 aromatic heterocycles. The lowest BCUT2D eigenvalue weighted by Crippen LogP contribution is -1.98. The van der Waals surface area contributed by atoms with Crippen LogP contribution in [0.2, 0.25) is 0 Å². The molecule has 2 aromatic carbocycles. The van der Waals surface area contributed by atoms with Crippen LogP contribution in [0.15, 0.2) is 54.6 Å². The SMILES string of the molecule is O.O=CC(=O)c1ccc(Oc2ccccc2)cc1. The molecule has 0 aliphatic carbocycles. The van der Waals surface area contributed by atoms with Gasteiger partial charge in [0.2, 0.25) is 5.78 Å². The highest BCUT2D eigenvalue weighted by Gasteiger charge is 2.03. The molecule has 0 spiro atoms. The van der Waals surface area contributed by atoms with E-state index in [9.17, 15) is 9.59 Å². The van der Waals surface area contributed by atoms with Crippen molar-refractivity contribution in [3.05, 3.63) is 60.2 Å². The van der Waals surface area contributed by atoms with Gasteiger partial charge in [-0.05, 0) is 36.4 Å². The third-order valence-corrected chi connectivity index (χ3v) is 2.22. The van der Waals surface area contributed by atoms with E-state index in [0.717, 1.165) is 5.75 Å². The summed E-state index contributed by atoms with van der Waals surface area (Å²) in [5.41, 5.74) is 0.361. The molecule has 0 amide bonds. The van der Waals surface area contributed by atoms with E-state index in [1.807, 2.05) is 30.3 Å². The molecule has 0 aliphatic rings. The zero-order chi connectivity index (χ0) is 12.1. The summed E-state index contributed by atoms with van der Waals surface area (Å²) < 4.78 is 5.55. The zero-order valence-corrected chi connectivity index (χ0v) is 9.50. The van der Waals surface area contributed by atoms with Crippen molar-refractivity contribution in [1.29, 1.82) is 0 Å². The van der Waals surface area contributed by atoms with E-state index in [0.29, 0.717) is 17.6 Å². The number of aldehydes is 1. The minimum Gasteiger partial charge on any atom is -0.457 e. The number of benzene rings is 2. The van der Waals surface area contributed by atoms with Gasteiger partial charge in [0.1, 0.15) is 11.5 Å². The number of hydrogen-bond donors (Lipinski definition) is 0. The van der Waals surface area contributed by atoms with E-state index in [1.165, 1.54) is 0 Å². The van der Waals surface area contributed by atoms with Gasteiger partial charge in [-0.2, -0.15) is 0 Å². The monoisotopic (exact) mass is 244 g/mol. The normalized spacial score (nSPS) is 9.11. The highest BCUT2D eigenvalue weighted by molar-refractivity contribution is 6.33. The lowest BCUT2D eigenvalue weighted by atomic mass is 10.1. The van der Waals surface area contributed by atoms with Crippen molar-refractivity contribution < 1.29 is 19.8 Å². The van der Waals surface area contributed by atoms with Crippen LogP contribution in [-0.4, -0.2) is 17.5 Å². The summed E-state index contributed by atoms with van der Waals surface area (Å²) in [6.07, 6.45) is 0.299. The lowest BCUT2D eigenvalue weighted by molar-refractivity contribution is -0.104. The average Bonchev–Trinajstić information content (AvgIpc) is 2.40. The maximum Gasteiger partial charge on any atom is 0.225 e. The molecule has 0 bridgehead atoms. The number of Topliss-reactive ketones (excluding diaryl/α,β-unsaturated/α-hetero) is 1. The van der Waals surface area contributed by atoms with Crippen molar-refractivity contribution in [1.82, 2.24) is 0 Å². The van der Waals surface area contributed by atoms with Gasteiger partial charge in [-0.1, -0.05) is 18.2 Å². The Morgan fingerprint density at radius 1 is 0.889 bits per heavy atom. The lowest BCUT2D eigenvalue weighted by Gasteiger charge is -2.05. The van der Waals surface area contributed by atoms with Crippen molar-refractivity contribution in [2.45, 2.75) is 0 Å². The Hall–Kier alpha value is -2.46. The molecular formula is C14H12O4. The Morgan fingerprint density at radius 2 is 1.44 bits per heavy atom. The molecule has 0 fully saturated rings. The number of rotatable bonds is 4. The summed E-state index contributed by atoms with van der Waals surface area (Å²) in [4.78, 5) is 21.4. The molecule has 4 heteroatoms. The van der Waals surface area contributed by atoms with Crippen LogP contribution >= 0.6 is 0 Å². The van der Waals surface area contributed by atoms with Gasteiger partial charge in [-0.25, -0.2) is 0 Å². The molecule has 0 saturated heterocycles. The fourth-order valence-electron chi connectivity index (χ4n) is 1.38. The second-order valence-corrected chi connectivity index (χ2v) is 3.42. The fourth-order valence-corrected chi connectivity index (χ4v) is 1.38. The van der Waals surface area contributed by atoms with E-state index in [-0.39, 0.29) is 5.48 Å². The first-order valence-corrected chi connectivity index (χ1v) is 5.12. The molecule has 2 aromatic rings. The first-order valence-electron chi connectivity index (χ1n) is 5.12. The first kappa shape index (κ1) is 13.6. The van der Waals surface area contributed by atoms with Crippen LogP contribution in [0.25, 0.3) is 0 Å². The van der Waals surface area contributed by atoms with Gasteiger partial charge < -0.3 is 10.2 Å². The quantitative estimate of drug-likeness (QED) is 0.469. The second-order valence-electron chi connectivity index (χ2n) is 3.42. The topological polar surface area (TPSA) is 74.9 Å². The molecule has 2 N–H and O–H groups in total. The van der Waals surface area contributed by atoms with Gasteiger partial charge in [-0.3, -0.25) is 9.59 Å². The van der Waals surface area contributed by atoms with E-state index in [4.69, 9.17) is 4.74 Å². The molecule has 0 unspecified atom stereocenters. The molecular weight excluding hydrogens is 232 g/mol. The predicted molar refractivity (Wildman–Crippen MR) is 67.0 cm³/mol. The van der Waals surface area contributed by atoms with Crippen molar-refractivity contribution in [2.24, 2.45) is 0 Å². The highest BCUT2D eigenvalue weighted by atomic mass is 16.5. The Labute approximate surface area is 104 Å². The Morgan fingerprint density at radius 3 is 2.00 bits per heavy atom. The number of hydrogen-bond acceptors (Lipinski definition) is 3. The standard InChI is InChI=1S/C14H10O3.H2O/c15-10-14(16)11-6-8-13(9-7-11)17-12-4-2-1-3-5-12;/h1-10H;1H2. The number of para-hydroxylation sites is 1. The largest absolute Gasteiger partial charge is 0.457 e. The summed E-state index contributed by atoms with van der Waals surface area (Å²) >= 11 is 0. The van der Waals surface area contributed by atoms with E-state index < -0.39 is 5.78 Å². The molecule has 92 valence electrons. The van der Waals surface area contributed by atoms with Crippen LogP contribution in [0.5, 0.6) is 11.5 Å². The van der Waals surface area contributed by atoms with Gasteiger partial charge in [-0.15, -0.1) is 0 Å². The van der Waals surface area contributed by atoms with Gasteiger partial charge in [0.25, 0.3) is 0 Å². The Bertz CT molecular complexity index is 517. The van der Waals surface area contributed by atoms with Gasteiger partial charge >= 0.3 is 0 Å². The van der Waals surface area contributed by atoms with Crippen LogP contribution in [0.1, 0.15) is 10.4 Å². The Balaban J connectivity index is 0.00000162. The van der Waals surface area contributed by atoms with Crippen LogP contribution in [0.3, 0.4) is 0 Å². The van der Waals surface area contributed by atoms with Gasteiger partial charge in [0.05, 0.1) is 0 Å². The van der Waals surface area contributed by atoms with Crippen molar-refractivity contribution in [2.75, 3.05) is 0 Å². The summed E-state index contributed by atoms with van der Waals surface area (Å²) in [5, 5.41) is 0. The molecule has 4 nitrogen and oxygen atoms in total. The summed E-state index contributed by atoms with van der Waals surface area (Å²) in [5.74, 6) is 0.817. The van der Waals surface area contributed by atoms with Gasteiger partial charge in [0.15, 0.2) is 6.29 Å². The Kier molecular flexibility index (Phi) is 4.78. The predicted octanol–water partition coefficient (Wildman–Crippen LogP) is 2.04. The molecule has 0 aliphatic heterocycles.